The van der Waals surface area contributed by atoms with Gasteiger partial charge in [0.15, 0.2) is 0 Å². The molecule has 0 aliphatic heterocycles. The molecule has 0 saturated heterocycles. The van der Waals surface area contributed by atoms with Gasteiger partial charge in [-0.15, -0.1) is 0 Å². The molecule has 8 heteroatoms. The second-order valence-electron chi connectivity index (χ2n) is 7.68. The smallest absolute Gasteiger partial charge is 0.277 e. The van der Waals surface area contributed by atoms with Crippen LogP contribution in [0.2, 0.25) is 0 Å². The number of nitrogens with zero attached hydrogens (tertiary/aromatic N) is 1. The lowest BCUT2D eigenvalue weighted by atomic mass is 9.84. The lowest BCUT2D eigenvalue weighted by molar-refractivity contribution is 0.368. The maximum Gasteiger partial charge on any atom is 0.277 e. The minimum atomic E-state index is -3.41. The highest BCUT2D eigenvalue weighted by molar-refractivity contribution is 7.87. The predicted octanol–water partition coefficient (Wildman–Crippen LogP) is 3.08. The number of aromatic nitrogens is 2. The summed E-state index contributed by atoms with van der Waals surface area (Å²) >= 11 is 0. The van der Waals surface area contributed by atoms with Crippen molar-refractivity contribution < 1.29 is 12.8 Å². The number of halogens is 1. The first kappa shape index (κ1) is 18.6. The summed E-state index contributed by atoms with van der Waals surface area (Å²) in [6, 6.07) is 8.35. The van der Waals surface area contributed by atoms with Gasteiger partial charge in [-0.25, -0.2) is 9.11 Å². The van der Waals surface area contributed by atoms with Gasteiger partial charge in [0.2, 0.25) is 0 Å². The Morgan fingerprint density at radius 1 is 1.11 bits per heavy atom. The summed E-state index contributed by atoms with van der Waals surface area (Å²) in [6.07, 6.45) is 5.61. The quantitative estimate of drug-likeness (QED) is 0.677. The van der Waals surface area contributed by atoms with Crippen molar-refractivity contribution in [1.29, 1.82) is 0 Å². The summed E-state index contributed by atoms with van der Waals surface area (Å²) in [4.78, 5) is 0. The SMILES string of the molecule is O=S(=O)(NCC1CC1)NC1CCC(c2cc(-c3cccc(F)c3)n[nH]2)CC1. The molecule has 0 spiro atoms. The van der Waals surface area contributed by atoms with Gasteiger partial charge in [-0.2, -0.15) is 18.2 Å². The summed E-state index contributed by atoms with van der Waals surface area (Å²) in [6.45, 7) is 0.543. The van der Waals surface area contributed by atoms with Crippen LogP contribution in [0.25, 0.3) is 11.3 Å². The van der Waals surface area contributed by atoms with Crippen LogP contribution in [-0.2, 0) is 10.2 Å². The molecule has 2 aromatic rings. The van der Waals surface area contributed by atoms with E-state index in [-0.39, 0.29) is 11.9 Å². The van der Waals surface area contributed by atoms with Crippen molar-refractivity contribution in [3.05, 3.63) is 41.8 Å². The van der Waals surface area contributed by atoms with E-state index in [0.29, 0.717) is 18.4 Å². The van der Waals surface area contributed by atoms with Gasteiger partial charge < -0.3 is 0 Å². The van der Waals surface area contributed by atoms with Gasteiger partial charge in [-0.3, -0.25) is 5.10 Å². The van der Waals surface area contributed by atoms with E-state index in [0.717, 1.165) is 55.5 Å². The van der Waals surface area contributed by atoms with Crippen LogP contribution in [0.5, 0.6) is 0 Å². The molecule has 0 amide bonds. The Labute approximate surface area is 159 Å². The Kier molecular flexibility index (Phi) is 5.29. The van der Waals surface area contributed by atoms with Crippen LogP contribution >= 0.6 is 0 Å². The molecule has 146 valence electrons. The van der Waals surface area contributed by atoms with Gasteiger partial charge in [-0.1, -0.05) is 12.1 Å². The largest absolute Gasteiger partial charge is 0.282 e. The highest BCUT2D eigenvalue weighted by atomic mass is 32.2. The number of rotatable bonds is 7. The molecule has 0 radical (unpaired) electrons. The molecule has 2 fully saturated rings. The minimum absolute atomic E-state index is 0.0245. The third-order valence-corrected chi connectivity index (χ3v) is 6.66. The molecule has 0 bridgehead atoms. The topological polar surface area (TPSA) is 86.9 Å². The van der Waals surface area contributed by atoms with E-state index in [9.17, 15) is 12.8 Å². The first-order valence-electron chi connectivity index (χ1n) is 9.57. The maximum atomic E-state index is 13.4. The number of H-pyrrole nitrogens is 1. The summed E-state index contributed by atoms with van der Waals surface area (Å²) in [5.41, 5.74) is 2.51. The Morgan fingerprint density at radius 3 is 2.59 bits per heavy atom. The molecule has 2 aliphatic carbocycles. The van der Waals surface area contributed by atoms with Crippen molar-refractivity contribution in [3.8, 4) is 11.3 Å². The number of hydrogen-bond acceptors (Lipinski definition) is 3. The Balaban J connectivity index is 1.31. The standard InChI is InChI=1S/C19H25FN4O2S/c20-16-3-1-2-15(10-16)19-11-18(22-23-19)14-6-8-17(9-7-14)24-27(25,26)21-12-13-4-5-13/h1-3,10-11,13-14,17,21,24H,4-9,12H2,(H,22,23). The zero-order valence-corrected chi connectivity index (χ0v) is 15.9. The summed E-state index contributed by atoms with van der Waals surface area (Å²) in [5.74, 6) is 0.560. The van der Waals surface area contributed by atoms with E-state index in [1.807, 2.05) is 12.1 Å². The summed E-state index contributed by atoms with van der Waals surface area (Å²) < 4.78 is 43.0. The molecular formula is C19H25FN4O2S. The van der Waals surface area contributed by atoms with Gasteiger partial charge in [0.05, 0.1) is 5.69 Å². The molecule has 0 unspecified atom stereocenters. The van der Waals surface area contributed by atoms with Crippen LogP contribution in [0, 0.1) is 11.7 Å². The monoisotopic (exact) mass is 392 g/mol. The maximum absolute atomic E-state index is 13.4. The van der Waals surface area contributed by atoms with Crippen LogP contribution in [0.3, 0.4) is 0 Å². The van der Waals surface area contributed by atoms with Crippen molar-refractivity contribution in [2.75, 3.05) is 6.54 Å². The molecule has 6 nitrogen and oxygen atoms in total. The third-order valence-electron chi connectivity index (χ3n) is 5.47. The van der Waals surface area contributed by atoms with Crippen molar-refractivity contribution in [3.63, 3.8) is 0 Å². The van der Waals surface area contributed by atoms with Crippen LogP contribution in [0.1, 0.15) is 50.1 Å². The molecule has 2 saturated carbocycles. The molecule has 3 N–H and O–H groups in total. The molecule has 4 rings (SSSR count). The van der Waals surface area contributed by atoms with E-state index in [1.165, 1.54) is 12.1 Å². The van der Waals surface area contributed by atoms with Gasteiger partial charge >= 0.3 is 0 Å². The average molecular weight is 393 g/mol. The fourth-order valence-corrected chi connectivity index (χ4v) is 4.89. The lowest BCUT2D eigenvalue weighted by Gasteiger charge is -2.28. The molecule has 2 aliphatic rings. The Bertz CT molecular complexity index is 887. The van der Waals surface area contributed by atoms with Crippen molar-refractivity contribution >= 4 is 10.2 Å². The van der Waals surface area contributed by atoms with Gasteiger partial charge in [0, 0.05) is 29.8 Å². The van der Waals surface area contributed by atoms with Crippen molar-refractivity contribution in [2.45, 2.75) is 50.5 Å². The third kappa shape index (κ3) is 4.94. The van der Waals surface area contributed by atoms with Crippen molar-refractivity contribution in [1.82, 2.24) is 19.6 Å². The lowest BCUT2D eigenvalue weighted by Crippen LogP contribution is -2.44. The number of nitrogens with one attached hydrogen (secondary N) is 3. The Morgan fingerprint density at radius 2 is 1.89 bits per heavy atom. The fraction of sp³-hybridized carbons (Fsp3) is 0.526. The fourth-order valence-electron chi connectivity index (χ4n) is 3.67. The van der Waals surface area contributed by atoms with E-state index in [4.69, 9.17) is 0 Å². The van der Waals surface area contributed by atoms with E-state index in [1.54, 1.807) is 6.07 Å². The zero-order chi connectivity index (χ0) is 18.9. The first-order valence-corrected chi connectivity index (χ1v) is 11.0. The molecular weight excluding hydrogens is 367 g/mol. The van der Waals surface area contributed by atoms with Crippen LogP contribution < -0.4 is 9.44 Å². The van der Waals surface area contributed by atoms with Crippen LogP contribution in [0.15, 0.2) is 30.3 Å². The van der Waals surface area contributed by atoms with Gasteiger partial charge in [0.1, 0.15) is 5.82 Å². The minimum Gasteiger partial charge on any atom is -0.282 e. The Hall–Kier alpha value is -1.77. The number of aromatic amines is 1. The van der Waals surface area contributed by atoms with Crippen LogP contribution in [-0.4, -0.2) is 31.2 Å². The summed E-state index contributed by atoms with van der Waals surface area (Å²) in [5, 5.41) is 7.39. The molecule has 0 atom stereocenters. The zero-order valence-electron chi connectivity index (χ0n) is 15.1. The van der Waals surface area contributed by atoms with Crippen LogP contribution in [0.4, 0.5) is 4.39 Å². The number of hydrogen-bond donors (Lipinski definition) is 3. The summed E-state index contributed by atoms with van der Waals surface area (Å²) in [7, 11) is -3.41. The van der Waals surface area contributed by atoms with E-state index >= 15 is 0 Å². The van der Waals surface area contributed by atoms with Gasteiger partial charge in [0.25, 0.3) is 10.2 Å². The highest BCUT2D eigenvalue weighted by Gasteiger charge is 2.28. The average Bonchev–Trinajstić information content (AvgIpc) is 3.35. The normalized spacial score (nSPS) is 23.4. The van der Waals surface area contributed by atoms with E-state index < -0.39 is 10.2 Å². The number of benzene rings is 1. The second kappa shape index (κ2) is 7.69. The molecule has 27 heavy (non-hydrogen) atoms. The first-order chi connectivity index (χ1) is 13.0. The highest BCUT2D eigenvalue weighted by Crippen LogP contribution is 2.34. The molecule has 1 heterocycles. The van der Waals surface area contributed by atoms with Gasteiger partial charge in [-0.05, 0) is 62.6 Å². The predicted molar refractivity (Wildman–Crippen MR) is 102 cm³/mol. The second-order valence-corrected chi connectivity index (χ2v) is 9.21. The molecule has 1 aromatic carbocycles. The molecule has 1 aromatic heterocycles. The van der Waals surface area contributed by atoms with Crippen molar-refractivity contribution in [2.24, 2.45) is 5.92 Å². The van der Waals surface area contributed by atoms with E-state index in [2.05, 4.69) is 19.6 Å².